The van der Waals surface area contributed by atoms with Crippen LogP contribution in [0, 0.1) is 0 Å². The number of anilines is 1. The van der Waals surface area contributed by atoms with Crippen LogP contribution in [0.25, 0.3) is 11.4 Å². The fraction of sp³-hybridized carbons (Fsp3) is 0.300. The molecule has 2 amide bonds. The summed E-state index contributed by atoms with van der Waals surface area (Å²) in [6, 6.07) is 10.6. The standard InChI is InChI=1S/C20H19BrN4O4/c1-12(26)22-15-6-4-13(5-7-15)18-23-19(29-24-18)14-3-2-10-25(11-14)20(27)16-8-9-17(21)28-16/h4-9,14H,2-3,10-11H2,1H3,(H,22,26)/t14-/m0/s1. The molecule has 4 rings (SSSR count). The molecule has 1 atom stereocenters. The molecule has 0 aliphatic carbocycles. The van der Waals surface area contributed by atoms with Gasteiger partial charge in [-0.1, -0.05) is 5.16 Å². The highest BCUT2D eigenvalue weighted by molar-refractivity contribution is 9.10. The number of rotatable bonds is 4. The Hall–Kier alpha value is -2.94. The van der Waals surface area contributed by atoms with Crippen LogP contribution in [-0.2, 0) is 4.79 Å². The van der Waals surface area contributed by atoms with Gasteiger partial charge in [-0.05, 0) is 65.2 Å². The molecule has 0 bridgehead atoms. The third kappa shape index (κ3) is 4.40. The normalized spacial score (nSPS) is 16.6. The number of carbonyl (C=O) groups excluding carboxylic acids is 2. The first-order valence-corrected chi connectivity index (χ1v) is 10.0. The van der Waals surface area contributed by atoms with E-state index < -0.39 is 0 Å². The van der Waals surface area contributed by atoms with Gasteiger partial charge in [0.15, 0.2) is 10.4 Å². The van der Waals surface area contributed by atoms with E-state index in [1.807, 2.05) is 12.1 Å². The summed E-state index contributed by atoms with van der Waals surface area (Å²) in [5, 5.41) is 6.80. The van der Waals surface area contributed by atoms with Crippen LogP contribution < -0.4 is 5.32 Å². The van der Waals surface area contributed by atoms with Gasteiger partial charge in [0.05, 0.1) is 5.92 Å². The summed E-state index contributed by atoms with van der Waals surface area (Å²) in [7, 11) is 0. The minimum Gasteiger partial charge on any atom is -0.444 e. The number of halogens is 1. The number of piperidine rings is 1. The van der Waals surface area contributed by atoms with Crippen molar-refractivity contribution in [1.82, 2.24) is 15.0 Å². The average molecular weight is 459 g/mol. The maximum absolute atomic E-state index is 12.6. The lowest BCUT2D eigenvalue weighted by molar-refractivity contribution is -0.114. The number of furan rings is 1. The number of carbonyl (C=O) groups is 2. The first-order chi connectivity index (χ1) is 14.0. The molecule has 9 heteroatoms. The smallest absolute Gasteiger partial charge is 0.289 e. The number of likely N-dealkylation sites (tertiary alicyclic amines) is 1. The molecule has 1 aliphatic rings. The lowest BCUT2D eigenvalue weighted by Gasteiger charge is -2.30. The molecule has 3 aromatic rings. The second-order valence-electron chi connectivity index (χ2n) is 6.91. The van der Waals surface area contributed by atoms with Crippen molar-refractivity contribution in [2.75, 3.05) is 18.4 Å². The van der Waals surface area contributed by atoms with Crippen LogP contribution in [0.4, 0.5) is 5.69 Å². The van der Waals surface area contributed by atoms with Crippen LogP contribution in [0.1, 0.15) is 42.1 Å². The van der Waals surface area contributed by atoms with Crippen molar-refractivity contribution < 1.29 is 18.5 Å². The Morgan fingerprint density at radius 3 is 2.69 bits per heavy atom. The zero-order valence-corrected chi connectivity index (χ0v) is 17.3. The fourth-order valence-electron chi connectivity index (χ4n) is 3.37. The van der Waals surface area contributed by atoms with Crippen molar-refractivity contribution >= 4 is 33.4 Å². The van der Waals surface area contributed by atoms with Gasteiger partial charge < -0.3 is 19.2 Å². The van der Waals surface area contributed by atoms with E-state index in [9.17, 15) is 9.59 Å². The van der Waals surface area contributed by atoms with Gasteiger partial charge in [-0.25, -0.2) is 0 Å². The second kappa shape index (κ2) is 8.20. The molecule has 1 aliphatic heterocycles. The largest absolute Gasteiger partial charge is 0.444 e. The Bertz CT molecular complexity index is 1030. The zero-order valence-electron chi connectivity index (χ0n) is 15.7. The molecule has 1 fully saturated rings. The molecule has 1 aromatic carbocycles. The Morgan fingerprint density at radius 2 is 2.00 bits per heavy atom. The molecule has 29 heavy (non-hydrogen) atoms. The first kappa shape index (κ1) is 19.4. The summed E-state index contributed by atoms with van der Waals surface area (Å²) in [5.74, 6) is 1.01. The average Bonchev–Trinajstić information content (AvgIpc) is 3.37. The molecule has 0 unspecified atom stereocenters. The monoisotopic (exact) mass is 458 g/mol. The molecule has 2 aromatic heterocycles. The van der Waals surface area contributed by atoms with Crippen molar-refractivity contribution in [3.8, 4) is 11.4 Å². The van der Waals surface area contributed by atoms with Crippen LogP contribution in [0.3, 0.4) is 0 Å². The molecular weight excluding hydrogens is 440 g/mol. The number of aromatic nitrogens is 2. The van der Waals surface area contributed by atoms with Gasteiger partial charge in [0.1, 0.15) is 0 Å². The molecule has 150 valence electrons. The van der Waals surface area contributed by atoms with Crippen LogP contribution >= 0.6 is 15.9 Å². The maximum atomic E-state index is 12.6. The lowest BCUT2D eigenvalue weighted by atomic mass is 9.97. The minimum absolute atomic E-state index is 0.0222. The Morgan fingerprint density at radius 1 is 1.21 bits per heavy atom. The molecule has 0 saturated carbocycles. The summed E-state index contributed by atoms with van der Waals surface area (Å²) in [6.45, 7) is 2.63. The van der Waals surface area contributed by atoms with E-state index in [0.29, 0.717) is 40.9 Å². The molecular formula is C20H19BrN4O4. The van der Waals surface area contributed by atoms with Crippen molar-refractivity contribution in [2.45, 2.75) is 25.7 Å². The van der Waals surface area contributed by atoms with Gasteiger partial charge in [0.2, 0.25) is 17.6 Å². The number of nitrogens with zero attached hydrogens (tertiary/aromatic N) is 3. The highest BCUT2D eigenvalue weighted by atomic mass is 79.9. The predicted octanol–water partition coefficient (Wildman–Crippen LogP) is 4.07. The van der Waals surface area contributed by atoms with E-state index in [4.69, 9.17) is 8.94 Å². The van der Waals surface area contributed by atoms with Crippen molar-refractivity contribution in [3.63, 3.8) is 0 Å². The topological polar surface area (TPSA) is 101 Å². The molecule has 1 saturated heterocycles. The zero-order chi connectivity index (χ0) is 20.4. The highest BCUT2D eigenvalue weighted by Gasteiger charge is 2.30. The Balaban J connectivity index is 1.46. The summed E-state index contributed by atoms with van der Waals surface area (Å²) in [4.78, 5) is 30.1. The fourth-order valence-corrected chi connectivity index (χ4v) is 3.68. The first-order valence-electron chi connectivity index (χ1n) is 9.26. The van der Waals surface area contributed by atoms with Crippen molar-refractivity contribution in [2.24, 2.45) is 0 Å². The minimum atomic E-state index is -0.145. The summed E-state index contributed by atoms with van der Waals surface area (Å²) in [6.07, 6.45) is 1.72. The number of nitrogens with one attached hydrogen (secondary N) is 1. The summed E-state index contributed by atoms with van der Waals surface area (Å²) < 4.78 is 11.4. The Kier molecular flexibility index (Phi) is 5.48. The van der Waals surface area contributed by atoms with E-state index >= 15 is 0 Å². The number of hydrogen-bond acceptors (Lipinski definition) is 6. The molecule has 0 radical (unpaired) electrons. The molecule has 1 N–H and O–H groups in total. The van der Waals surface area contributed by atoms with Gasteiger partial charge in [-0.3, -0.25) is 9.59 Å². The van der Waals surface area contributed by atoms with Crippen LogP contribution in [0.5, 0.6) is 0 Å². The van der Waals surface area contributed by atoms with Gasteiger partial charge in [0.25, 0.3) is 5.91 Å². The maximum Gasteiger partial charge on any atom is 0.289 e. The van der Waals surface area contributed by atoms with Gasteiger partial charge in [-0.15, -0.1) is 0 Å². The summed E-state index contributed by atoms with van der Waals surface area (Å²) in [5.41, 5.74) is 1.49. The van der Waals surface area contributed by atoms with E-state index in [2.05, 4.69) is 31.4 Å². The van der Waals surface area contributed by atoms with Gasteiger partial charge in [0, 0.05) is 31.3 Å². The molecule has 3 heterocycles. The van der Waals surface area contributed by atoms with E-state index in [1.165, 1.54) is 6.92 Å². The molecule has 8 nitrogen and oxygen atoms in total. The predicted molar refractivity (Wildman–Crippen MR) is 108 cm³/mol. The van der Waals surface area contributed by atoms with Gasteiger partial charge >= 0.3 is 0 Å². The second-order valence-corrected chi connectivity index (χ2v) is 7.69. The van der Waals surface area contributed by atoms with Crippen LogP contribution in [0.15, 0.2) is 50.0 Å². The van der Waals surface area contributed by atoms with Gasteiger partial charge in [-0.2, -0.15) is 4.98 Å². The quantitative estimate of drug-likeness (QED) is 0.631. The highest BCUT2D eigenvalue weighted by Crippen LogP contribution is 2.29. The van der Waals surface area contributed by atoms with E-state index in [-0.39, 0.29) is 17.7 Å². The van der Waals surface area contributed by atoms with E-state index in [0.717, 1.165) is 18.4 Å². The number of benzene rings is 1. The third-order valence-electron chi connectivity index (χ3n) is 4.75. The van der Waals surface area contributed by atoms with E-state index in [1.54, 1.807) is 29.2 Å². The Labute approximate surface area is 175 Å². The molecule has 0 spiro atoms. The number of amides is 2. The van der Waals surface area contributed by atoms with Crippen molar-refractivity contribution in [1.29, 1.82) is 0 Å². The van der Waals surface area contributed by atoms with Crippen molar-refractivity contribution in [3.05, 3.63) is 52.7 Å². The SMILES string of the molecule is CC(=O)Nc1ccc(-c2noc([C@H]3CCCN(C(=O)c4ccc(Br)o4)C3)n2)cc1. The summed E-state index contributed by atoms with van der Waals surface area (Å²) >= 11 is 3.22. The van der Waals surface area contributed by atoms with Crippen LogP contribution in [0.2, 0.25) is 0 Å². The van der Waals surface area contributed by atoms with Crippen LogP contribution in [-0.4, -0.2) is 39.9 Å². The number of hydrogen-bond donors (Lipinski definition) is 1. The lowest BCUT2D eigenvalue weighted by Crippen LogP contribution is -2.39. The third-order valence-corrected chi connectivity index (χ3v) is 5.17.